The molecule has 0 saturated heterocycles. The molecule has 10 heavy (non-hydrogen) atoms. The molecule has 0 aliphatic heterocycles. The summed E-state index contributed by atoms with van der Waals surface area (Å²) in [5.74, 6) is -0.222. The molecule has 50 valence electrons. The smallest absolute Gasteiger partial charge is 1.00 e. The van der Waals surface area contributed by atoms with E-state index >= 15 is 0 Å². The van der Waals surface area contributed by atoms with Crippen LogP contribution in [0.4, 0.5) is 4.39 Å². The Labute approximate surface area is 73.1 Å². The fraction of sp³-hybridized carbons (Fsp3) is 0.143. The quantitative estimate of drug-likeness (QED) is 0.459. The second-order valence-corrected chi connectivity index (χ2v) is 1.80. The van der Waals surface area contributed by atoms with Gasteiger partial charge in [0.1, 0.15) is 5.82 Å². The van der Waals surface area contributed by atoms with Gasteiger partial charge in [0.05, 0.1) is 0 Å². The molecule has 2 N–H and O–H groups in total. The molecule has 1 rings (SSSR count). The zero-order chi connectivity index (χ0) is 6.69. The Morgan fingerprint density at radius 3 is 2.40 bits per heavy atom. The molecule has 1 aromatic carbocycles. The first-order chi connectivity index (χ1) is 4.34. The molecule has 0 heterocycles. The van der Waals surface area contributed by atoms with Gasteiger partial charge in [0.15, 0.2) is 0 Å². The van der Waals surface area contributed by atoms with Gasteiger partial charge in [-0.2, -0.15) is 0 Å². The van der Waals surface area contributed by atoms with E-state index in [-0.39, 0.29) is 32.6 Å². The van der Waals surface area contributed by atoms with Gasteiger partial charge in [-0.05, 0) is 6.07 Å². The summed E-state index contributed by atoms with van der Waals surface area (Å²) in [5, 5.41) is 0. The summed E-state index contributed by atoms with van der Waals surface area (Å²) in [6, 6.07) is 6.50. The standard InChI is InChI=1S/C7H8FN.Li.H/c8-7-4-2-1-3-6(7)5-9;;/h1-4H,5,9H2;;/q;+1;-1. The van der Waals surface area contributed by atoms with Crippen LogP contribution < -0.4 is 24.6 Å². The van der Waals surface area contributed by atoms with E-state index in [0.29, 0.717) is 5.56 Å². The van der Waals surface area contributed by atoms with Crippen LogP contribution in [0.3, 0.4) is 0 Å². The Kier molecular flexibility index (Phi) is 4.38. The van der Waals surface area contributed by atoms with Crippen molar-refractivity contribution in [3.63, 3.8) is 0 Å². The van der Waals surface area contributed by atoms with Gasteiger partial charge in [-0.25, -0.2) is 4.39 Å². The van der Waals surface area contributed by atoms with Crippen molar-refractivity contribution in [2.24, 2.45) is 5.73 Å². The molecule has 1 aromatic rings. The summed E-state index contributed by atoms with van der Waals surface area (Å²) in [7, 11) is 0. The number of halogens is 1. The molecular weight excluding hydrogens is 124 g/mol. The third-order valence-corrected chi connectivity index (χ3v) is 1.18. The van der Waals surface area contributed by atoms with Crippen LogP contribution in [0, 0.1) is 5.82 Å². The minimum absolute atomic E-state index is 0. The van der Waals surface area contributed by atoms with Gasteiger partial charge in [-0.15, -0.1) is 0 Å². The van der Waals surface area contributed by atoms with Gasteiger partial charge in [-0.3, -0.25) is 0 Å². The first kappa shape index (κ1) is 9.71. The van der Waals surface area contributed by atoms with Crippen molar-refractivity contribution in [2.75, 3.05) is 0 Å². The second kappa shape index (κ2) is 4.51. The Morgan fingerprint density at radius 1 is 1.40 bits per heavy atom. The van der Waals surface area contributed by atoms with E-state index in [1.54, 1.807) is 18.2 Å². The van der Waals surface area contributed by atoms with Gasteiger partial charge < -0.3 is 7.16 Å². The van der Waals surface area contributed by atoms with Crippen LogP contribution in [0.2, 0.25) is 0 Å². The van der Waals surface area contributed by atoms with Crippen LogP contribution in [0.25, 0.3) is 0 Å². The van der Waals surface area contributed by atoms with Gasteiger partial charge in [0.25, 0.3) is 0 Å². The zero-order valence-corrected chi connectivity index (χ0v) is 5.97. The number of rotatable bonds is 1. The average Bonchev–Trinajstić information content (AvgIpc) is 1.89. The van der Waals surface area contributed by atoms with Crippen LogP contribution in [-0.4, -0.2) is 0 Å². The van der Waals surface area contributed by atoms with Crippen LogP contribution in [0.5, 0.6) is 0 Å². The molecule has 1 nitrogen and oxygen atoms in total. The average molecular weight is 133 g/mol. The number of hydrogen-bond donors (Lipinski definition) is 1. The summed E-state index contributed by atoms with van der Waals surface area (Å²) in [4.78, 5) is 0. The second-order valence-electron chi connectivity index (χ2n) is 1.80. The molecule has 0 bridgehead atoms. The molecule has 3 heteroatoms. The minimum atomic E-state index is -0.222. The Morgan fingerprint density at radius 2 is 2.00 bits per heavy atom. The maximum atomic E-state index is 12.5. The van der Waals surface area contributed by atoms with E-state index < -0.39 is 0 Å². The van der Waals surface area contributed by atoms with Crippen LogP contribution >= 0.6 is 0 Å². The molecule has 0 amide bonds. The van der Waals surface area contributed by atoms with E-state index in [0.717, 1.165) is 0 Å². The van der Waals surface area contributed by atoms with Crippen molar-refractivity contribution in [1.82, 2.24) is 0 Å². The SMILES string of the molecule is NCc1ccccc1F.[H-].[Li+]. The molecule has 0 aliphatic rings. The number of nitrogens with two attached hydrogens (primary N) is 1. The molecule has 0 fully saturated rings. The topological polar surface area (TPSA) is 26.0 Å². The maximum Gasteiger partial charge on any atom is 1.00 e. The zero-order valence-electron chi connectivity index (χ0n) is 6.97. The number of hydrogen-bond acceptors (Lipinski definition) is 1. The van der Waals surface area contributed by atoms with Crippen molar-refractivity contribution < 1.29 is 24.7 Å². The van der Waals surface area contributed by atoms with E-state index in [4.69, 9.17) is 5.73 Å². The molecule has 0 atom stereocenters. The van der Waals surface area contributed by atoms with E-state index in [9.17, 15) is 4.39 Å². The Balaban J connectivity index is 0. The van der Waals surface area contributed by atoms with Crippen molar-refractivity contribution >= 4 is 0 Å². The molecule has 0 aromatic heterocycles. The molecule has 0 radical (unpaired) electrons. The fourth-order valence-corrected chi connectivity index (χ4v) is 0.664. The minimum Gasteiger partial charge on any atom is -1.00 e. The van der Waals surface area contributed by atoms with Crippen LogP contribution in [-0.2, 0) is 6.54 Å². The van der Waals surface area contributed by atoms with Gasteiger partial charge >= 0.3 is 18.9 Å². The third-order valence-electron chi connectivity index (χ3n) is 1.18. The molecule has 0 saturated carbocycles. The maximum absolute atomic E-state index is 12.5. The van der Waals surface area contributed by atoms with E-state index in [2.05, 4.69) is 0 Å². The predicted octanol–water partition coefficient (Wildman–Crippen LogP) is -1.60. The summed E-state index contributed by atoms with van der Waals surface area (Å²) >= 11 is 0. The normalized spacial score (nSPS) is 8.60. The van der Waals surface area contributed by atoms with E-state index in [1.165, 1.54) is 6.07 Å². The van der Waals surface area contributed by atoms with E-state index in [1.807, 2.05) is 0 Å². The summed E-state index contributed by atoms with van der Waals surface area (Å²) in [5.41, 5.74) is 5.78. The molecule has 0 unspecified atom stereocenters. The monoisotopic (exact) mass is 133 g/mol. The summed E-state index contributed by atoms with van der Waals surface area (Å²) in [6.45, 7) is 0.271. The van der Waals surface area contributed by atoms with Crippen molar-refractivity contribution in [3.8, 4) is 0 Å². The predicted molar refractivity (Wildman–Crippen MR) is 35.4 cm³/mol. The summed E-state index contributed by atoms with van der Waals surface area (Å²) < 4.78 is 12.5. The Hall–Kier alpha value is -0.293. The van der Waals surface area contributed by atoms with Gasteiger partial charge in [-0.1, -0.05) is 18.2 Å². The fourth-order valence-electron chi connectivity index (χ4n) is 0.664. The number of benzene rings is 1. The largest absolute Gasteiger partial charge is 1.00 e. The molecular formula is C7H9FLiN. The first-order valence-corrected chi connectivity index (χ1v) is 2.78. The first-order valence-electron chi connectivity index (χ1n) is 2.78. The third kappa shape index (κ3) is 2.15. The van der Waals surface area contributed by atoms with Crippen molar-refractivity contribution in [2.45, 2.75) is 6.54 Å². The molecule has 0 aliphatic carbocycles. The Bertz CT molecular complexity index is 207. The van der Waals surface area contributed by atoms with Gasteiger partial charge in [0.2, 0.25) is 0 Å². The van der Waals surface area contributed by atoms with Gasteiger partial charge in [0, 0.05) is 12.1 Å². The van der Waals surface area contributed by atoms with Crippen molar-refractivity contribution in [3.05, 3.63) is 35.6 Å². The van der Waals surface area contributed by atoms with Crippen LogP contribution in [0.15, 0.2) is 24.3 Å². The molecule has 0 spiro atoms. The van der Waals surface area contributed by atoms with Crippen molar-refractivity contribution in [1.29, 1.82) is 0 Å². The summed E-state index contributed by atoms with van der Waals surface area (Å²) in [6.07, 6.45) is 0. The van der Waals surface area contributed by atoms with Crippen LogP contribution in [0.1, 0.15) is 6.99 Å².